The molecule has 0 radical (unpaired) electrons. The Bertz CT molecular complexity index is 1510. The molecule has 1 aromatic carbocycles. The molecule has 0 aliphatic heterocycles. The van der Waals surface area contributed by atoms with Crippen LogP contribution in [0.5, 0.6) is 5.75 Å². The van der Waals surface area contributed by atoms with E-state index in [0.717, 1.165) is 19.1 Å². The third kappa shape index (κ3) is 7.59. The Morgan fingerprint density at radius 3 is 2.56 bits per heavy atom. The highest BCUT2D eigenvalue weighted by Crippen LogP contribution is 2.37. The molecule has 1 saturated carbocycles. The van der Waals surface area contributed by atoms with Crippen molar-refractivity contribution in [1.82, 2.24) is 25.7 Å². The number of amides is 2. The van der Waals surface area contributed by atoms with Gasteiger partial charge in [-0.25, -0.2) is 8.42 Å². The third-order valence-corrected chi connectivity index (χ3v) is 6.53. The molecule has 1 aliphatic rings. The van der Waals surface area contributed by atoms with Gasteiger partial charge in [0.2, 0.25) is 17.6 Å². The van der Waals surface area contributed by atoms with Gasteiger partial charge in [-0.1, -0.05) is 11.2 Å². The van der Waals surface area contributed by atoms with Gasteiger partial charge in [-0.2, -0.15) is 4.98 Å². The Morgan fingerprint density at radius 2 is 1.92 bits per heavy atom. The minimum Gasteiger partial charge on any atom is -0.494 e. The van der Waals surface area contributed by atoms with Crippen LogP contribution in [0.15, 0.2) is 28.8 Å². The first-order valence-electron chi connectivity index (χ1n) is 12.3. The van der Waals surface area contributed by atoms with Crippen LogP contribution in [0.4, 0.5) is 17.2 Å². The van der Waals surface area contributed by atoms with Crippen molar-refractivity contribution < 1.29 is 27.3 Å². The average Bonchev–Trinajstić information content (AvgIpc) is 3.59. The molecule has 2 heterocycles. The van der Waals surface area contributed by atoms with Crippen molar-refractivity contribution in [3.63, 3.8) is 0 Å². The van der Waals surface area contributed by atoms with Gasteiger partial charge in [-0.15, -0.1) is 10.2 Å². The van der Waals surface area contributed by atoms with Crippen LogP contribution in [0, 0.1) is 5.92 Å². The van der Waals surface area contributed by atoms with E-state index in [1.54, 1.807) is 18.2 Å². The number of aromatic nitrogens is 4. The summed E-state index contributed by atoms with van der Waals surface area (Å²) in [5, 5.41) is 20.4. The van der Waals surface area contributed by atoms with E-state index in [4.69, 9.17) is 9.26 Å². The predicted octanol–water partition coefficient (Wildman–Crippen LogP) is -1.55. The van der Waals surface area contributed by atoms with Crippen LogP contribution >= 0.6 is 0 Å². The van der Waals surface area contributed by atoms with Gasteiger partial charge in [-0.3, -0.25) is 9.59 Å². The molecule has 202 valence electrons. The smallest absolute Gasteiger partial charge is 0.272 e. The minimum absolute atomic E-state index is 0.0180. The van der Waals surface area contributed by atoms with Crippen LogP contribution in [0.25, 0.3) is 11.4 Å². The second kappa shape index (κ2) is 11.1. The zero-order valence-corrected chi connectivity index (χ0v) is 23.2. The number of carbonyl (C=O) groups excluding carboxylic acids is 2. The lowest BCUT2D eigenvalue weighted by Crippen LogP contribution is -2.50. The lowest BCUT2D eigenvalue weighted by molar-refractivity contribution is -0.117. The van der Waals surface area contributed by atoms with E-state index in [1.807, 2.05) is 23.5 Å². The maximum atomic E-state index is 13.1. The molecule has 17 heteroatoms. The van der Waals surface area contributed by atoms with E-state index in [1.165, 1.54) is 13.2 Å². The van der Waals surface area contributed by atoms with Crippen LogP contribution in [0.1, 0.15) is 29.2 Å². The van der Waals surface area contributed by atoms with Crippen LogP contribution in [-0.2, 0) is 21.1 Å². The molecule has 2 aromatic heterocycles. The number of methoxy groups -OCH3 is 1. The van der Waals surface area contributed by atoms with Gasteiger partial charge in [0, 0.05) is 24.7 Å². The number of sulfone groups is 1. The quantitative estimate of drug-likeness (QED) is 0.235. The van der Waals surface area contributed by atoms with E-state index in [-0.39, 0.29) is 52.9 Å². The van der Waals surface area contributed by atoms with Crippen molar-refractivity contribution in [3.05, 3.63) is 35.9 Å². The van der Waals surface area contributed by atoms with E-state index in [0.29, 0.717) is 17.0 Å². The Labute approximate surface area is 228 Å². The van der Waals surface area contributed by atoms with Crippen LogP contribution in [0.2, 0.25) is 0 Å². The normalized spacial score (nSPS) is 13.5. The molecule has 13 nitrogen and oxygen atoms in total. The molecule has 0 saturated heterocycles. The first kappa shape index (κ1) is 28.1. The van der Waals surface area contributed by atoms with Crippen LogP contribution in [-0.4, -0.2) is 88.5 Å². The molecular formula is C22H28B3N7O6S. The van der Waals surface area contributed by atoms with Gasteiger partial charge in [0.25, 0.3) is 5.91 Å². The largest absolute Gasteiger partial charge is 0.494 e. The van der Waals surface area contributed by atoms with Crippen molar-refractivity contribution in [2.24, 2.45) is 5.92 Å². The number of benzene rings is 1. The first-order chi connectivity index (χ1) is 18.3. The standard InChI is InChI=1S/C22H28B3N7O6S/c1-37-18-12(19-28-16(38-32-19)8-9-39(2,35)36)4-3-5-13(18)26-14-10-15(27-20(33)11-6-7-11)30-31-17(14)21(34)29-22(23,24)25/h3-5,10-11H,6-9,23-25H2,1-2H3,(H,29,34)(H2,26,27,30,33). The van der Waals surface area contributed by atoms with Crippen molar-refractivity contribution in [3.8, 4) is 17.1 Å². The number of nitrogens with zero attached hydrogens (tertiary/aromatic N) is 4. The van der Waals surface area contributed by atoms with Gasteiger partial charge in [-0.05, 0) is 30.2 Å². The predicted molar refractivity (Wildman–Crippen MR) is 152 cm³/mol. The van der Waals surface area contributed by atoms with Gasteiger partial charge < -0.3 is 25.2 Å². The number of rotatable bonds is 11. The fourth-order valence-electron chi connectivity index (χ4n) is 3.60. The molecular weight excluding hydrogens is 523 g/mol. The summed E-state index contributed by atoms with van der Waals surface area (Å²) in [4.78, 5) is 29.7. The number of carbonyl (C=O) groups is 2. The fraction of sp³-hybridized carbons (Fsp3) is 0.364. The van der Waals surface area contributed by atoms with E-state index in [2.05, 4.69) is 36.3 Å². The molecule has 4 rings (SSSR count). The van der Waals surface area contributed by atoms with Crippen molar-refractivity contribution in [2.45, 2.75) is 24.5 Å². The highest BCUT2D eigenvalue weighted by Gasteiger charge is 2.30. The molecule has 1 aliphatic carbocycles. The number of ether oxygens (including phenoxy) is 1. The molecule has 39 heavy (non-hydrogen) atoms. The zero-order valence-electron chi connectivity index (χ0n) is 22.4. The number of para-hydroxylation sites is 1. The van der Waals surface area contributed by atoms with Crippen molar-refractivity contribution in [1.29, 1.82) is 0 Å². The van der Waals surface area contributed by atoms with Crippen LogP contribution < -0.4 is 20.7 Å². The third-order valence-electron chi connectivity index (χ3n) is 5.58. The van der Waals surface area contributed by atoms with Gasteiger partial charge in [0.1, 0.15) is 33.4 Å². The lowest BCUT2D eigenvalue weighted by atomic mass is 9.49. The molecule has 1 fully saturated rings. The Balaban J connectivity index is 1.67. The van der Waals surface area contributed by atoms with Gasteiger partial charge in [0.05, 0.1) is 29.8 Å². The number of hydrogen-bond acceptors (Lipinski definition) is 11. The summed E-state index contributed by atoms with van der Waals surface area (Å²) in [6.45, 7) is 0. The molecule has 3 N–H and O–H groups in total. The summed E-state index contributed by atoms with van der Waals surface area (Å²) in [6.07, 6.45) is 2.87. The summed E-state index contributed by atoms with van der Waals surface area (Å²) in [5.74, 6) is 0.150. The molecule has 0 spiro atoms. The van der Waals surface area contributed by atoms with Crippen molar-refractivity contribution in [2.75, 3.05) is 29.8 Å². The molecule has 0 atom stereocenters. The SMILES string of the molecule is BC(B)(B)NC(=O)c1nnc(NC(=O)C2CC2)cc1Nc1cccc(-c2noc(CCS(C)(=O)=O)n2)c1OC. The number of hydrogen-bond donors (Lipinski definition) is 3. The molecule has 0 unspecified atom stereocenters. The van der Waals surface area contributed by atoms with E-state index in [9.17, 15) is 18.0 Å². The highest BCUT2D eigenvalue weighted by molar-refractivity contribution is 7.90. The first-order valence-corrected chi connectivity index (χ1v) is 14.3. The highest BCUT2D eigenvalue weighted by atomic mass is 32.2. The summed E-state index contributed by atoms with van der Waals surface area (Å²) in [6, 6.07) is 6.70. The minimum atomic E-state index is -3.20. The average molecular weight is 551 g/mol. The summed E-state index contributed by atoms with van der Waals surface area (Å²) in [7, 11) is 3.80. The molecule has 2 amide bonds. The summed E-state index contributed by atoms with van der Waals surface area (Å²) < 4.78 is 33.9. The number of anilines is 3. The maximum absolute atomic E-state index is 13.1. The topological polar surface area (TPSA) is 178 Å². The van der Waals surface area contributed by atoms with Gasteiger partial charge >= 0.3 is 0 Å². The monoisotopic (exact) mass is 551 g/mol. The van der Waals surface area contributed by atoms with E-state index < -0.39 is 21.0 Å². The fourth-order valence-corrected chi connectivity index (χ4v) is 4.15. The molecule has 3 aromatic rings. The second-order valence-electron chi connectivity index (χ2n) is 10.4. The summed E-state index contributed by atoms with van der Waals surface area (Å²) >= 11 is 0. The Hall–Kier alpha value is -3.88. The van der Waals surface area contributed by atoms with Crippen molar-refractivity contribution >= 4 is 62.4 Å². The number of aryl methyl sites for hydroxylation is 1. The van der Waals surface area contributed by atoms with E-state index >= 15 is 0 Å². The summed E-state index contributed by atoms with van der Waals surface area (Å²) in [5.41, 5.74) is 1.23. The lowest BCUT2D eigenvalue weighted by Gasteiger charge is -2.21. The Morgan fingerprint density at radius 1 is 1.18 bits per heavy atom. The Kier molecular flexibility index (Phi) is 8.00. The second-order valence-corrected chi connectivity index (χ2v) is 12.6. The molecule has 0 bridgehead atoms. The number of nitrogens with one attached hydrogen (secondary N) is 3. The van der Waals surface area contributed by atoms with Gasteiger partial charge in [0.15, 0.2) is 17.3 Å². The van der Waals surface area contributed by atoms with Crippen LogP contribution in [0.3, 0.4) is 0 Å². The zero-order chi connectivity index (χ0) is 28.4. The maximum Gasteiger partial charge on any atom is 0.272 e.